The molecule has 0 atom stereocenters. The number of halogens is 1. The average molecular weight is 526 g/mol. The quantitative estimate of drug-likeness (QED) is 0.310. The second-order valence-corrected chi connectivity index (χ2v) is 11.1. The number of hydrogen-bond acceptors (Lipinski definition) is 5. The molecule has 1 fully saturated rings. The molecule has 186 valence electrons. The highest BCUT2D eigenvalue weighted by molar-refractivity contribution is 7.92. The zero-order chi connectivity index (χ0) is 25.4. The van der Waals surface area contributed by atoms with Crippen molar-refractivity contribution in [2.75, 3.05) is 17.6 Å². The Morgan fingerprint density at radius 3 is 2.47 bits per heavy atom. The molecule has 0 aliphatic heterocycles. The van der Waals surface area contributed by atoms with Crippen LogP contribution in [0.25, 0.3) is 16.8 Å². The molecular formula is C26H24ClN3O5S. The predicted molar refractivity (Wildman–Crippen MR) is 139 cm³/mol. The number of nitrogens with one attached hydrogen (secondary N) is 1. The van der Waals surface area contributed by atoms with Crippen LogP contribution >= 0.6 is 11.6 Å². The Morgan fingerprint density at radius 1 is 1.17 bits per heavy atom. The molecule has 10 heteroatoms. The van der Waals surface area contributed by atoms with E-state index in [-0.39, 0.29) is 17.2 Å². The Morgan fingerprint density at radius 2 is 1.86 bits per heavy atom. The summed E-state index contributed by atoms with van der Waals surface area (Å²) < 4.78 is 35.3. The molecule has 0 spiro atoms. The van der Waals surface area contributed by atoms with Crippen molar-refractivity contribution in [2.24, 2.45) is 0 Å². The van der Waals surface area contributed by atoms with Gasteiger partial charge in [0.05, 0.1) is 30.3 Å². The molecule has 1 aliphatic rings. The summed E-state index contributed by atoms with van der Waals surface area (Å²) in [6, 6.07) is 15.8. The first-order chi connectivity index (χ1) is 17.2. The van der Waals surface area contributed by atoms with Crippen LogP contribution in [0.2, 0.25) is 5.02 Å². The summed E-state index contributed by atoms with van der Waals surface area (Å²) in [5.74, 6) is -0.328. The first-order valence-corrected chi connectivity index (χ1v) is 13.5. The summed E-state index contributed by atoms with van der Waals surface area (Å²) in [5, 5.41) is 15.0. The van der Waals surface area contributed by atoms with Crippen molar-refractivity contribution in [3.63, 3.8) is 0 Å². The highest BCUT2D eigenvalue weighted by Gasteiger charge is 2.30. The summed E-state index contributed by atoms with van der Waals surface area (Å²) in [4.78, 5) is 12.2. The molecule has 2 aromatic heterocycles. The lowest BCUT2D eigenvalue weighted by Crippen LogP contribution is -2.19. The Hall–Kier alpha value is -3.56. The molecule has 8 nitrogen and oxygen atoms in total. The van der Waals surface area contributed by atoms with Crippen LogP contribution in [0.15, 0.2) is 60.8 Å². The van der Waals surface area contributed by atoms with E-state index in [0.717, 1.165) is 24.0 Å². The fourth-order valence-corrected chi connectivity index (χ4v) is 5.45. The largest absolute Gasteiger partial charge is 0.497 e. The topological polar surface area (TPSA) is 110 Å². The number of fused-ring (bicyclic) bond motifs is 1. The standard InChI is InChI=1S/C26H24ClN3O5S/c1-35-20-10-2-16(3-11-20)12-13-36(33,34)29-22-15-30-23(14-21(22)17-4-5-17)24(26(31)32)25(28-30)18-6-8-19(27)9-7-18/h2-3,6-11,14-15,17,29H,4-5,12-13H2,1H3,(H,31,32). The van der Waals surface area contributed by atoms with E-state index >= 15 is 0 Å². The van der Waals surface area contributed by atoms with E-state index in [2.05, 4.69) is 9.82 Å². The molecule has 1 saturated carbocycles. The van der Waals surface area contributed by atoms with Crippen LogP contribution in [-0.4, -0.2) is 42.0 Å². The van der Waals surface area contributed by atoms with Crippen molar-refractivity contribution in [1.29, 1.82) is 0 Å². The normalized spacial score (nSPS) is 13.6. The Kier molecular flexibility index (Phi) is 6.36. The number of pyridine rings is 1. The minimum Gasteiger partial charge on any atom is -0.497 e. The number of hydrogen-bond donors (Lipinski definition) is 2. The third kappa shape index (κ3) is 5.03. The average Bonchev–Trinajstić information content (AvgIpc) is 3.63. The number of benzene rings is 2. The fraction of sp³-hybridized carbons (Fsp3) is 0.231. The van der Waals surface area contributed by atoms with E-state index < -0.39 is 16.0 Å². The van der Waals surface area contributed by atoms with Gasteiger partial charge in [0.25, 0.3) is 0 Å². The van der Waals surface area contributed by atoms with Crippen molar-refractivity contribution < 1.29 is 23.1 Å². The van der Waals surface area contributed by atoms with Gasteiger partial charge in [-0.3, -0.25) is 4.72 Å². The highest BCUT2D eigenvalue weighted by Crippen LogP contribution is 2.45. The van der Waals surface area contributed by atoms with Crippen molar-refractivity contribution in [2.45, 2.75) is 25.2 Å². The summed E-state index contributed by atoms with van der Waals surface area (Å²) in [6.07, 6.45) is 3.74. The van der Waals surface area contributed by atoms with Crippen LogP contribution < -0.4 is 9.46 Å². The van der Waals surface area contributed by atoms with E-state index in [1.54, 1.807) is 55.8 Å². The molecule has 0 amide bonds. The smallest absolute Gasteiger partial charge is 0.340 e. The van der Waals surface area contributed by atoms with Gasteiger partial charge in [0.15, 0.2) is 0 Å². The van der Waals surface area contributed by atoms with Gasteiger partial charge in [-0.1, -0.05) is 35.9 Å². The van der Waals surface area contributed by atoms with E-state index in [0.29, 0.717) is 39.7 Å². The summed E-state index contributed by atoms with van der Waals surface area (Å²) in [6.45, 7) is 0. The molecule has 0 saturated heterocycles. The number of aromatic carboxylic acids is 1. The van der Waals surface area contributed by atoms with Crippen molar-refractivity contribution in [3.05, 3.63) is 82.5 Å². The second kappa shape index (κ2) is 9.48. The minimum absolute atomic E-state index is 0.0631. The number of sulfonamides is 1. The number of carboxylic acids is 1. The number of ether oxygens (including phenoxy) is 1. The van der Waals surface area contributed by atoms with Gasteiger partial charge in [0.2, 0.25) is 10.0 Å². The first kappa shape index (κ1) is 24.1. The van der Waals surface area contributed by atoms with Crippen LogP contribution in [0.3, 0.4) is 0 Å². The number of anilines is 1. The van der Waals surface area contributed by atoms with E-state index in [4.69, 9.17) is 16.3 Å². The lowest BCUT2D eigenvalue weighted by atomic mass is 10.0. The number of aromatic nitrogens is 2. The van der Waals surface area contributed by atoms with Gasteiger partial charge in [-0.2, -0.15) is 5.10 Å². The van der Waals surface area contributed by atoms with Gasteiger partial charge < -0.3 is 9.84 Å². The predicted octanol–water partition coefficient (Wildman–Crippen LogP) is 5.22. The van der Waals surface area contributed by atoms with Crippen molar-refractivity contribution in [1.82, 2.24) is 9.61 Å². The summed E-state index contributed by atoms with van der Waals surface area (Å²) in [5.41, 5.74) is 3.45. The monoisotopic (exact) mass is 525 g/mol. The maximum absolute atomic E-state index is 13.0. The van der Waals surface area contributed by atoms with E-state index in [1.165, 1.54) is 4.52 Å². The molecule has 4 aromatic rings. The molecule has 36 heavy (non-hydrogen) atoms. The van der Waals surface area contributed by atoms with Gasteiger partial charge >= 0.3 is 5.97 Å². The summed E-state index contributed by atoms with van der Waals surface area (Å²) >= 11 is 5.99. The molecule has 2 aromatic carbocycles. The second-order valence-electron chi connectivity index (χ2n) is 8.80. The lowest BCUT2D eigenvalue weighted by molar-refractivity contribution is 0.0699. The maximum Gasteiger partial charge on any atom is 0.340 e. The van der Waals surface area contributed by atoms with Crippen LogP contribution in [0.1, 0.15) is 40.2 Å². The summed E-state index contributed by atoms with van der Waals surface area (Å²) in [7, 11) is -2.10. The van der Waals surface area contributed by atoms with Crippen molar-refractivity contribution in [3.8, 4) is 17.0 Å². The Balaban J connectivity index is 1.49. The van der Waals surface area contributed by atoms with Crippen LogP contribution in [0.5, 0.6) is 5.75 Å². The molecule has 2 heterocycles. The third-order valence-electron chi connectivity index (χ3n) is 6.23. The minimum atomic E-state index is -3.68. The first-order valence-electron chi connectivity index (χ1n) is 11.4. The van der Waals surface area contributed by atoms with Gasteiger partial charge in [-0.05, 0) is 66.6 Å². The van der Waals surface area contributed by atoms with Crippen LogP contribution in [0, 0.1) is 0 Å². The molecule has 0 bridgehead atoms. The third-order valence-corrected chi connectivity index (χ3v) is 7.76. The molecule has 0 unspecified atom stereocenters. The number of carboxylic acid groups (broad SMARTS) is 1. The molecule has 5 rings (SSSR count). The number of rotatable bonds is 9. The SMILES string of the molecule is COc1ccc(CCS(=O)(=O)Nc2cn3nc(-c4ccc(Cl)cc4)c(C(=O)O)c3cc2C2CC2)cc1. The lowest BCUT2D eigenvalue weighted by Gasteiger charge is -2.13. The zero-order valence-electron chi connectivity index (χ0n) is 19.4. The van der Waals surface area contributed by atoms with E-state index in [1.807, 2.05) is 12.1 Å². The van der Waals surface area contributed by atoms with Crippen molar-refractivity contribution >= 4 is 38.8 Å². The Labute approximate surface area is 213 Å². The van der Waals surface area contributed by atoms with Gasteiger partial charge in [-0.25, -0.2) is 17.7 Å². The van der Waals surface area contributed by atoms with Gasteiger partial charge in [0, 0.05) is 10.6 Å². The maximum atomic E-state index is 13.0. The highest BCUT2D eigenvalue weighted by atomic mass is 35.5. The fourth-order valence-electron chi connectivity index (χ4n) is 4.21. The Bertz CT molecular complexity index is 1540. The number of carbonyl (C=O) groups is 1. The van der Waals surface area contributed by atoms with E-state index in [9.17, 15) is 18.3 Å². The van der Waals surface area contributed by atoms with Crippen LogP contribution in [0.4, 0.5) is 5.69 Å². The molecule has 0 radical (unpaired) electrons. The van der Waals surface area contributed by atoms with Gasteiger partial charge in [-0.15, -0.1) is 0 Å². The molecular weight excluding hydrogens is 502 g/mol. The zero-order valence-corrected chi connectivity index (χ0v) is 21.0. The number of methoxy groups -OCH3 is 1. The van der Waals surface area contributed by atoms with Crippen LogP contribution in [-0.2, 0) is 16.4 Å². The number of nitrogens with zero attached hydrogens (tertiary/aromatic N) is 2. The molecule has 1 aliphatic carbocycles. The molecule has 2 N–H and O–H groups in total. The number of aryl methyl sites for hydroxylation is 1. The van der Waals surface area contributed by atoms with Gasteiger partial charge in [0.1, 0.15) is 17.0 Å².